The molecule has 0 unspecified atom stereocenters. The van der Waals surface area contributed by atoms with Gasteiger partial charge in [-0.1, -0.05) is 16.8 Å². The smallest absolute Gasteiger partial charge is 0.244 e. The summed E-state index contributed by atoms with van der Waals surface area (Å²) in [5.74, 6) is 0.739. The minimum Gasteiger partial charge on any atom is -0.348 e. The third-order valence-corrected chi connectivity index (χ3v) is 2.93. The van der Waals surface area contributed by atoms with Crippen LogP contribution in [0.5, 0.6) is 0 Å². The van der Waals surface area contributed by atoms with E-state index in [1.165, 1.54) is 6.20 Å². The molecule has 102 valence electrons. The molecule has 1 atom stereocenters. The quantitative estimate of drug-likeness (QED) is 0.758. The summed E-state index contributed by atoms with van der Waals surface area (Å²) in [6, 6.07) is 3.03. The molecule has 3 N–H and O–H groups in total. The van der Waals surface area contributed by atoms with Crippen molar-refractivity contribution in [2.24, 2.45) is 5.73 Å². The van der Waals surface area contributed by atoms with Gasteiger partial charge in [0.05, 0.1) is 17.4 Å². The first-order valence-corrected chi connectivity index (χ1v) is 6.28. The van der Waals surface area contributed by atoms with E-state index in [2.05, 4.69) is 25.1 Å². The SMILES string of the molecule is N[C@@H](Cc1cnc[nH]1)c1nc(-c2ccc(Cl)cn2)no1. The Hall–Kier alpha value is -2.25. The molecule has 3 aromatic rings. The average Bonchev–Trinajstić information content (AvgIpc) is 3.10. The summed E-state index contributed by atoms with van der Waals surface area (Å²) in [5.41, 5.74) is 7.50. The number of halogens is 1. The Morgan fingerprint density at radius 3 is 2.95 bits per heavy atom. The van der Waals surface area contributed by atoms with Crippen molar-refractivity contribution in [3.05, 3.63) is 47.5 Å². The Balaban J connectivity index is 1.77. The zero-order valence-corrected chi connectivity index (χ0v) is 11.1. The van der Waals surface area contributed by atoms with Crippen molar-refractivity contribution >= 4 is 11.6 Å². The number of H-pyrrole nitrogens is 1. The van der Waals surface area contributed by atoms with Gasteiger partial charge < -0.3 is 15.2 Å². The van der Waals surface area contributed by atoms with Gasteiger partial charge in [0.15, 0.2) is 0 Å². The van der Waals surface area contributed by atoms with Gasteiger partial charge in [-0.3, -0.25) is 4.98 Å². The predicted molar refractivity (Wildman–Crippen MR) is 71.8 cm³/mol. The van der Waals surface area contributed by atoms with Crippen molar-refractivity contribution in [2.45, 2.75) is 12.5 Å². The van der Waals surface area contributed by atoms with Crippen LogP contribution in [-0.4, -0.2) is 25.1 Å². The maximum absolute atomic E-state index is 6.02. The van der Waals surface area contributed by atoms with Gasteiger partial charge in [-0.05, 0) is 12.1 Å². The molecule has 0 aliphatic rings. The van der Waals surface area contributed by atoms with E-state index in [1.807, 2.05) is 0 Å². The number of aromatic nitrogens is 5. The lowest BCUT2D eigenvalue weighted by Gasteiger charge is -2.03. The molecule has 0 aliphatic carbocycles. The van der Waals surface area contributed by atoms with E-state index < -0.39 is 6.04 Å². The highest BCUT2D eigenvalue weighted by atomic mass is 35.5. The van der Waals surface area contributed by atoms with Crippen LogP contribution < -0.4 is 5.73 Å². The van der Waals surface area contributed by atoms with Crippen molar-refractivity contribution in [3.8, 4) is 11.5 Å². The monoisotopic (exact) mass is 290 g/mol. The van der Waals surface area contributed by atoms with Crippen LogP contribution in [0.25, 0.3) is 11.5 Å². The molecule has 0 aromatic carbocycles. The number of rotatable bonds is 4. The number of aromatic amines is 1. The number of hydrogen-bond donors (Lipinski definition) is 2. The summed E-state index contributed by atoms with van der Waals surface area (Å²) in [5, 5.41) is 4.42. The largest absolute Gasteiger partial charge is 0.348 e. The van der Waals surface area contributed by atoms with Crippen LogP contribution in [0.15, 0.2) is 35.4 Å². The van der Waals surface area contributed by atoms with E-state index >= 15 is 0 Å². The lowest BCUT2D eigenvalue weighted by Crippen LogP contribution is -2.14. The molecule has 3 aromatic heterocycles. The molecule has 0 amide bonds. The van der Waals surface area contributed by atoms with Crippen molar-refractivity contribution in [1.29, 1.82) is 0 Å². The van der Waals surface area contributed by atoms with Crippen molar-refractivity contribution in [1.82, 2.24) is 25.1 Å². The van der Waals surface area contributed by atoms with Crippen LogP contribution in [0.1, 0.15) is 17.6 Å². The Labute approximate surface area is 119 Å². The average molecular weight is 291 g/mol. The first kappa shape index (κ1) is 12.8. The molecular formula is C12H11ClN6O. The predicted octanol–water partition coefficient (Wildman–Crippen LogP) is 1.75. The van der Waals surface area contributed by atoms with E-state index in [4.69, 9.17) is 21.9 Å². The molecule has 0 aliphatic heterocycles. The van der Waals surface area contributed by atoms with Crippen molar-refractivity contribution < 1.29 is 4.52 Å². The highest BCUT2D eigenvalue weighted by Gasteiger charge is 2.17. The molecule has 0 spiro atoms. The standard InChI is InChI=1S/C12H11ClN6O/c13-7-1-2-10(16-4-7)11-18-12(20-19-11)9(14)3-8-5-15-6-17-8/h1-2,4-6,9H,3,14H2,(H,15,17)/t9-/m0/s1. The van der Waals surface area contributed by atoms with Crippen LogP contribution in [0.4, 0.5) is 0 Å². The maximum atomic E-state index is 6.02. The highest BCUT2D eigenvalue weighted by Crippen LogP contribution is 2.19. The van der Waals surface area contributed by atoms with E-state index in [0.717, 1.165) is 5.69 Å². The molecule has 8 heteroatoms. The minimum atomic E-state index is -0.399. The zero-order chi connectivity index (χ0) is 13.9. The Bertz CT molecular complexity index is 678. The van der Waals surface area contributed by atoms with Gasteiger partial charge in [0.25, 0.3) is 0 Å². The van der Waals surface area contributed by atoms with Crippen LogP contribution in [0.2, 0.25) is 5.02 Å². The van der Waals surface area contributed by atoms with Crippen LogP contribution >= 0.6 is 11.6 Å². The molecule has 3 heterocycles. The number of imidazole rings is 1. The van der Waals surface area contributed by atoms with E-state index in [1.54, 1.807) is 24.7 Å². The molecular weight excluding hydrogens is 280 g/mol. The number of hydrogen-bond acceptors (Lipinski definition) is 6. The maximum Gasteiger partial charge on any atom is 0.244 e. The Morgan fingerprint density at radius 1 is 1.35 bits per heavy atom. The number of nitrogens with zero attached hydrogens (tertiary/aromatic N) is 4. The molecule has 0 fully saturated rings. The van der Waals surface area contributed by atoms with Gasteiger partial charge in [0.1, 0.15) is 5.69 Å². The second kappa shape index (κ2) is 5.40. The summed E-state index contributed by atoms with van der Waals surface area (Å²) in [4.78, 5) is 15.3. The number of nitrogens with two attached hydrogens (primary N) is 1. The Morgan fingerprint density at radius 2 is 2.25 bits per heavy atom. The van der Waals surface area contributed by atoms with E-state index in [9.17, 15) is 0 Å². The van der Waals surface area contributed by atoms with E-state index in [-0.39, 0.29) is 0 Å². The molecule has 0 saturated carbocycles. The third-order valence-electron chi connectivity index (χ3n) is 2.71. The first-order valence-electron chi connectivity index (χ1n) is 5.91. The Kier molecular flexibility index (Phi) is 3.44. The minimum absolute atomic E-state index is 0.353. The highest BCUT2D eigenvalue weighted by molar-refractivity contribution is 6.30. The summed E-state index contributed by atoms with van der Waals surface area (Å²) >= 11 is 5.78. The van der Waals surface area contributed by atoms with Crippen molar-refractivity contribution in [3.63, 3.8) is 0 Å². The topological polar surface area (TPSA) is 107 Å². The fourth-order valence-corrected chi connectivity index (χ4v) is 1.83. The lowest BCUT2D eigenvalue weighted by molar-refractivity contribution is 0.354. The van der Waals surface area contributed by atoms with Crippen LogP contribution in [0, 0.1) is 0 Å². The lowest BCUT2D eigenvalue weighted by atomic mass is 10.2. The summed E-state index contributed by atoms with van der Waals surface area (Å²) in [7, 11) is 0. The molecule has 0 saturated heterocycles. The fourth-order valence-electron chi connectivity index (χ4n) is 1.72. The van der Waals surface area contributed by atoms with Gasteiger partial charge in [0.2, 0.25) is 11.7 Å². The van der Waals surface area contributed by atoms with Gasteiger partial charge >= 0.3 is 0 Å². The van der Waals surface area contributed by atoms with Gasteiger partial charge in [-0.2, -0.15) is 4.98 Å². The van der Waals surface area contributed by atoms with E-state index in [0.29, 0.717) is 28.9 Å². The normalized spacial score (nSPS) is 12.5. The fraction of sp³-hybridized carbons (Fsp3) is 0.167. The number of pyridine rings is 1. The summed E-state index contributed by atoms with van der Waals surface area (Å²) in [6.07, 6.45) is 5.37. The van der Waals surface area contributed by atoms with Crippen LogP contribution in [-0.2, 0) is 6.42 Å². The second-order valence-corrected chi connectivity index (χ2v) is 4.64. The second-order valence-electron chi connectivity index (χ2n) is 4.21. The molecule has 3 rings (SSSR count). The van der Waals surface area contributed by atoms with Gasteiger partial charge in [0, 0.05) is 24.5 Å². The van der Waals surface area contributed by atoms with Crippen molar-refractivity contribution in [2.75, 3.05) is 0 Å². The molecule has 0 bridgehead atoms. The summed E-state index contributed by atoms with van der Waals surface area (Å²) < 4.78 is 5.17. The third kappa shape index (κ3) is 2.68. The number of nitrogens with one attached hydrogen (secondary N) is 1. The molecule has 0 radical (unpaired) electrons. The first-order chi connectivity index (χ1) is 9.72. The molecule has 20 heavy (non-hydrogen) atoms. The summed E-state index contributed by atoms with van der Waals surface area (Å²) in [6.45, 7) is 0. The molecule has 7 nitrogen and oxygen atoms in total. The van der Waals surface area contributed by atoms with Gasteiger partial charge in [-0.15, -0.1) is 0 Å². The van der Waals surface area contributed by atoms with Gasteiger partial charge in [-0.25, -0.2) is 4.98 Å². The zero-order valence-electron chi connectivity index (χ0n) is 10.3. The van der Waals surface area contributed by atoms with Crippen LogP contribution in [0.3, 0.4) is 0 Å².